The predicted molar refractivity (Wildman–Crippen MR) is 99.1 cm³/mol. The Morgan fingerprint density at radius 3 is 2.83 bits per heavy atom. The standard InChI is InChI=1S/C18H26BrN3O2/c1-3-20-8-9-21-17(23)14-5-4-10-22(12-14)18(24)16-7-6-15(19)11-13(16)2/h6-7,11,14,20H,3-5,8-10,12H2,1-2H3,(H,21,23). The maximum Gasteiger partial charge on any atom is 0.254 e. The van der Waals surface area contributed by atoms with Gasteiger partial charge in [0.05, 0.1) is 5.92 Å². The van der Waals surface area contributed by atoms with E-state index in [0.29, 0.717) is 18.7 Å². The quantitative estimate of drug-likeness (QED) is 0.726. The highest BCUT2D eigenvalue weighted by atomic mass is 79.9. The summed E-state index contributed by atoms with van der Waals surface area (Å²) in [5.74, 6) is -0.0387. The van der Waals surface area contributed by atoms with Crippen molar-refractivity contribution in [2.75, 3.05) is 32.7 Å². The molecule has 2 rings (SSSR count). The summed E-state index contributed by atoms with van der Waals surface area (Å²) >= 11 is 3.42. The van der Waals surface area contributed by atoms with Gasteiger partial charge in [-0.3, -0.25) is 9.59 Å². The second kappa shape index (κ2) is 9.18. The van der Waals surface area contributed by atoms with E-state index in [1.807, 2.05) is 36.9 Å². The van der Waals surface area contributed by atoms with Crippen LogP contribution in [0.2, 0.25) is 0 Å². The molecule has 1 aliphatic heterocycles. The van der Waals surface area contributed by atoms with E-state index < -0.39 is 0 Å². The van der Waals surface area contributed by atoms with Gasteiger partial charge in [-0.05, 0) is 50.1 Å². The molecule has 132 valence electrons. The van der Waals surface area contributed by atoms with E-state index in [2.05, 4.69) is 26.6 Å². The molecule has 2 amide bonds. The smallest absolute Gasteiger partial charge is 0.254 e. The van der Waals surface area contributed by atoms with Gasteiger partial charge in [-0.2, -0.15) is 0 Å². The molecule has 0 radical (unpaired) electrons. The minimum Gasteiger partial charge on any atom is -0.355 e. The van der Waals surface area contributed by atoms with Gasteiger partial charge in [0.2, 0.25) is 5.91 Å². The molecule has 6 heteroatoms. The summed E-state index contributed by atoms with van der Waals surface area (Å²) in [5, 5.41) is 6.14. The summed E-state index contributed by atoms with van der Waals surface area (Å²) in [4.78, 5) is 26.9. The lowest BCUT2D eigenvalue weighted by Crippen LogP contribution is -2.46. The van der Waals surface area contributed by atoms with Crippen LogP contribution in [0.25, 0.3) is 0 Å². The van der Waals surface area contributed by atoms with Gasteiger partial charge in [0.1, 0.15) is 0 Å². The number of likely N-dealkylation sites (tertiary alicyclic amines) is 1. The monoisotopic (exact) mass is 395 g/mol. The van der Waals surface area contributed by atoms with E-state index in [1.54, 1.807) is 0 Å². The maximum atomic E-state index is 12.8. The summed E-state index contributed by atoms with van der Waals surface area (Å²) in [5.41, 5.74) is 1.66. The molecule has 0 spiro atoms. The number of likely N-dealkylation sites (N-methyl/N-ethyl adjacent to an activating group) is 1. The van der Waals surface area contributed by atoms with E-state index in [-0.39, 0.29) is 17.7 Å². The van der Waals surface area contributed by atoms with Gasteiger partial charge >= 0.3 is 0 Å². The molecule has 1 aromatic rings. The number of aryl methyl sites for hydroxylation is 1. The Morgan fingerprint density at radius 1 is 1.33 bits per heavy atom. The van der Waals surface area contributed by atoms with Crippen molar-refractivity contribution in [1.29, 1.82) is 0 Å². The Morgan fingerprint density at radius 2 is 2.12 bits per heavy atom. The van der Waals surface area contributed by atoms with Crippen molar-refractivity contribution in [1.82, 2.24) is 15.5 Å². The second-order valence-electron chi connectivity index (χ2n) is 6.19. The third kappa shape index (κ3) is 5.05. The lowest BCUT2D eigenvalue weighted by molar-refractivity contribution is -0.126. The van der Waals surface area contributed by atoms with Gasteiger partial charge in [0, 0.05) is 36.2 Å². The number of nitrogens with one attached hydrogen (secondary N) is 2. The van der Waals surface area contributed by atoms with Crippen LogP contribution in [0.3, 0.4) is 0 Å². The molecule has 0 bridgehead atoms. The van der Waals surface area contributed by atoms with Crippen molar-refractivity contribution in [3.8, 4) is 0 Å². The Hall–Kier alpha value is -1.40. The third-order valence-corrected chi connectivity index (χ3v) is 4.84. The fourth-order valence-electron chi connectivity index (χ4n) is 3.01. The summed E-state index contributed by atoms with van der Waals surface area (Å²) in [6.45, 7) is 7.49. The molecule has 1 aliphatic rings. The van der Waals surface area contributed by atoms with E-state index in [4.69, 9.17) is 0 Å². The number of carbonyl (C=O) groups is 2. The first-order chi connectivity index (χ1) is 11.5. The first-order valence-corrected chi connectivity index (χ1v) is 9.36. The van der Waals surface area contributed by atoms with Crippen LogP contribution in [-0.4, -0.2) is 49.4 Å². The summed E-state index contributed by atoms with van der Waals surface area (Å²) in [7, 11) is 0. The molecule has 0 aromatic heterocycles. The molecule has 1 saturated heterocycles. The number of rotatable bonds is 6. The molecule has 1 unspecified atom stereocenters. The van der Waals surface area contributed by atoms with Gasteiger partial charge in [-0.15, -0.1) is 0 Å². The van der Waals surface area contributed by atoms with Crippen molar-refractivity contribution in [3.05, 3.63) is 33.8 Å². The van der Waals surface area contributed by atoms with Gasteiger partial charge in [-0.1, -0.05) is 22.9 Å². The fourth-order valence-corrected chi connectivity index (χ4v) is 3.48. The predicted octanol–water partition coefficient (Wildman–Crippen LogP) is 2.34. The summed E-state index contributed by atoms with van der Waals surface area (Å²) in [6, 6.07) is 5.68. The van der Waals surface area contributed by atoms with Crippen LogP contribution in [0.5, 0.6) is 0 Å². The zero-order chi connectivity index (χ0) is 17.5. The first-order valence-electron chi connectivity index (χ1n) is 8.56. The van der Waals surface area contributed by atoms with E-state index >= 15 is 0 Å². The molecule has 1 fully saturated rings. The van der Waals surface area contributed by atoms with Crippen molar-refractivity contribution in [3.63, 3.8) is 0 Å². The maximum absolute atomic E-state index is 12.8. The Bertz CT molecular complexity index is 592. The molecule has 24 heavy (non-hydrogen) atoms. The molecule has 1 atom stereocenters. The number of piperidine rings is 1. The highest BCUT2D eigenvalue weighted by Crippen LogP contribution is 2.22. The summed E-state index contributed by atoms with van der Waals surface area (Å²) in [6.07, 6.45) is 1.71. The third-order valence-electron chi connectivity index (χ3n) is 4.35. The lowest BCUT2D eigenvalue weighted by atomic mass is 9.96. The van der Waals surface area contributed by atoms with Crippen LogP contribution in [0.15, 0.2) is 22.7 Å². The second-order valence-corrected chi connectivity index (χ2v) is 7.11. The fraction of sp³-hybridized carbons (Fsp3) is 0.556. The molecule has 5 nitrogen and oxygen atoms in total. The van der Waals surface area contributed by atoms with E-state index in [9.17, 15) is 9.59 Å². The van der Waals surface area contributed by atoms with Crippen LogP contribution in [0.1, 0.15) is 35.7 Å². The van der Waals surface area contributed by atoms with Gasteiger partial charge in [0.25, 0.3) is 5.91 Å². The van der Waals surface area contributed by atoms with E-state index in [0.717, 1.165) is 42.5 Å². The Labute approximate surface area is 152 Å². The van der Waals surface area contributed by atoms with Crippen LogP contribution in [0.4, 0.5) is 0 Å². The SMILES string of the molecule is CCNCCNC(=O)C1CCCN(C(=O)c2ccc(Br)cc2C)C1. The minimum atomic E-state index is -0.111. The van der Waals surface area contributed by atoms with Crippen LogP contribution in [-0.2, 0) is 4.79 Å². The van der Waals surface area contributed by atoms with E-state index in [1.165, 1.54) is 0 Å². The van der Waals surface area contributed by atoms with Crippen LogP contribution >= 0.6 is 15.9 Å². The molecule has 0 saturated carbocycles. The molecular formula is C18H26BrN3O2. The molecule has 0 aliphatic carbocycles. The lowest BCUT2D eigenvalue weighted by Gasteiger charge is -2.32. The Kier molecular flexibility index (Phi) is 7.24. The number of halogens is 1. The minimum absolute atomic E-state index is 0.0187. The average Bonchev–Trinajstić information content (AvgIpc) is 2.58. The van der Waals surface area contributed by atoms with Crippen LogP contribution < -0.4 is 10.6 Å². The zero-order valence-corrected chi connectivity index (χ0v) is 16.0. The molecule has 1 aromatic carbocycles. The highest BCUT2D eigenvalue weighted by Gasteiger charge is 2.29. The number of benzene rings is 1. The number of nitrogens with zero attached hydrogens (tertiary/aromatic N) is 1. The van der Waals surface area contributed by atoms with Gasteiger partial charge < -0.3 is 15.5 Å². The number of hydrogen-bond acceptors (Lipinski definition) is 3. The summed E-state index contributed by atoms with van der Waals surface area (Å²) < 4.78 is 0.966. The zero-order valence-electron chi connectivity index (χ0n) is 14.4. The van der Waals surface area contributed by atoms with Crippen molar-refractivity contribution < 1.29 is 9.59 Å². The number of hydrogen-bond donors (Lipinski definition) is 2. The van der Waals surface area contributed by atoms with Crippen molar-refractivity contribution >= 4 is 27.7 Å². The number of amides is 2. The van der Waals surface area contributed by atoms with Crippen molar-refractivity contribution in [2.24, 2.45) is 5.92 Å². The highest BCUT2D eigenvalue weighted by molar-refractivity contribution is 9.10. The topological polar surface area (TPSA) is 61.4 Å². The first kappa shape index (κ1) is 18.9. The molecule has 2 N–H and O–H groups in total. The van der Waals surface area contributed by atoms with Gasteiger partial charge in [-0.25, -0.2) is 0 Å². The molecular weight excluding hydrogens is 370 g/mol. The van der Waals surface area contributed by atoms with Crippen LogP contribution in [0, 0.1) is 12.8 Å². The normalized spacial score (nSPS) is 17.6. The number of carbonyl (C=O) groups excluding carboxylic acids is 2. The largest absolute Gasteiger partial charge is 0.355 e. The average molecular weight is 396 g/mol. The van der Waals surface area contributed by atoms with Gasteiger partial charge in [0.15, 0.2) is 0 Å². The Balaban J connectivity index is 1.94. The van der Waals surface area contributed by atoms with Crippen molar-refractivity contribution in [2.45, 2.75) is 26.7 Å². The molecule has 1 heterocycles.